The van der Waals surface area contributed by atoms with E-state index in [1.165, 1.54) is 0 Å². The highest BCUT2D eigenvalue weighted by Crippen LogP contribution is 2.20. The first-order valence-corrected chi connectivity index (χ1v) is 5.40. The highest BCUT2D eigenvalue weighted by molar-refractivity contribution is 5.30. The Hall–Kier alpha value is -1.91. The number of nitrogens with zero attached hydrogens (tertiary/aromatic N) is 2. The van der Waals surface area contributed by atoms with Gasteiger partial charge in [0.1, 0.15) is 0 Å². The third-order valence-electron chi connectivity index (χ3n) is 2.32. The Kier molecular flexibility index (Phi) is 3.37. The Labute approximate surface area is 98.4 Å². The van der Waals surface area contributed by atoms with Crippen LogP contribution in [0.15, 0.2) is 22.6 Å². The van der Waals surface area contributed by atoms with Gasteiger partial charge in [-0.25, -0.2) is 4.39 Å². The summed E-state index contributed by atoms with van der Waals surface area (Å²) in [5.74, 6) is 0.736. The molecule has 0 aliphatic heterocycles. The van der Waals surface area contributed by atoms with Crippen molar-refractivity contribution in [1.29, 1.82) is 0 Å². The Morgan fingerprint density at radius 2 is 2.06 bits per heavy atom. The summed E-state index contributed by atoms with van der Waals surface area (Å²) in [6, 6.07) is 4.99. The maximum Gasteiger partial charge on any atom is 0.253 e. The normalized spacial score (nSPS) is 10.5. The van der Waals surface area contributed by atoms with Crippen molar-refractivity contribution in [1.82, 2.24) is 10.2 Å². The van der Waals surface area contributed by atoms with Crippen LogP contribution in [-0.4, -0.2) is 10.2 Å². The monoisotopic (exact) mass is 236 g/mol. The minimum absolute atomic E-state index is 0.0768. The molecule has 0 atom stereocenters. The summed E-state index contributed by atoms with van der Waals surface area (Å²) < 4.78 is 24.1. The van der Waals surface area contributed by atoms with Crippen LogP contribution in [0.25, 0.3) is 0 Å². The van der Waals surface area contributed by atoms with Gasteiger partial charge in [0.15, 0.2) is 18.2 Å². The molecule has 0 aliphatic carbocycles. The molecule has 2 rings (SSSR count). The zero-order valence-electron chi connectivity index (χ0n) is 9.74. The van der Waals surface area contributed by atoms with E-state index < -0.39 is 0 Å². The number of hydrogen-bond donors (Lipinski definition) is 0. The number of halogens is 1. The lowest BCUT2D eigenvalue weighted by molar-refractivity contribution is 0.248. The van der Waals surface area contributed by atoms with Gasteiger partial charge in [-0.1, -0.05) is 19.1 Å². The highest BCUT2D eigenvalue weighted by atomic mass is 19.1. The molecular weight excluding hydrogens is 223 g/mol. The van der Waals surface area contributed by atoms with E-state index in [4.69, 9.17) is 9.15 Å². The van der Waals surface area contributed by atoms with E-state index in [9.17, 15) is 4.39 Å². The predicted molar refractivity (Wildman–Crippen MR) is 59.1 cm³/mol. The number of aromatic nitrogens is 2. The first-order valence-electron chi connectivity index (χ1n) is 5.40. The number of rotatable bonds is 4. The Bertz CT molecular complexity index is 511. The molecule has 17 heavy (non-hydrogen) atoms. The lowest BCUT2D eigenvalue weighted by Gasteiger charge is -2.05. The van der Waals surface area contributed by atoms with Crippen LogP contribution in [-0.2, 0) is 13.0 Å². The fourth-order valence-corrected chi connectivity index (χ4v) is 1.36. The first kappa shape index (κ1) is 11.6. The van der Waals surface area contributed by atoms with Gasteiger partial charge in [-0.2, -0.15) is 0 Å². The van der Waals surface area contributed by atoms with Gasteiger partial charge in [0.25, 0.3) is 5.89 Å². The number of ether oxygens (including phenoxy) is 1. The van der Waals surface area contributed by atoms with Crippen LogP contribution in [0.2, 0.25) is 0 Å². The number of aryl methyl sites for hydroxylation is 2. The lowest BCUT2D eigenvalue weighted by Crippen LogP contribution is -1.98. The second-order valence-electron chi connectivity index (χ2n) is 3.62. The van der Waals surface area contributed by atoms with Crippen LogP contribution in [0.1, 0.15) is 24.3 Å². The molecule has 1 heterocycles. The average Bonchev–Trinajstić information content (AvgIpc) is 2.79. The van der Waals surface area contributed by atoms with Crippen LogP contribution in [0, 0.1) is 12.7 Å². The van der Waals surface area contributed by atoms with E-state index in [0.717, 1.165) is 0 Å². The molecule has 0 amide bonds. The van der Waals surface area contributed by atoms with Gasteiger partial charge in [-0.15, -0.1) is 10.2 Å². The molecule has 0 aliphatic rings. The molecule has 4 nitrogen and oxygen atoms in total. The molecule has 0 unspecified atom stereocenters. The minimum atomic E-state index is -0.359. The Balaban J connectivity index is 2.04. The molecule has 90 valence electrons. The average molecular weight is 236 g/mol. The molecule has 1 aromatic heterocycles. The van der Waals surface area contributed by atoms with Crippen LogP contribution in [0.4, 0.5) is 4.39 Å². The summed E-state index contributed by atoms with van der Waals surface area (Å²) in [6.07, 6.45) is 0.672. The van der Waals surface area contributed by atoms with E-state index in [1.807, 2.05) is 6.92 Å². The summed E-state index contributed by atoms with van der Waals surface area (Å²) in [4.78, 5) is 0. The molecule has 0 saturated heterocycles. The van der Waals surface area contributed by atoms with E-state index >= 15 is 0 Å². The fourth-order valence-electron chi connectivity index (χ4n) is 1.36. The first-order chi connectivity index (χ1) is 8.20. The zero-order valence-corrected chi connectivity index (χ0v) is 9.74. The van der Waals surface area contributed by atoms with Crippen LogP contribution >= 0.6 is 0 Å². The van der Waals surface area contributed by atoms with Crippen molar-refractivity contribution >= 4 is 0 Å². The van der Waals surface area contributed by atoms with Gasteiger partial charge in [0, 0.05) is 6.42 Å². The molecule has 0 radical (unpaired) electrons. The number of hydrogen-bond acceptors (Lipinski definition) is 4. The van der Waals surface area contributed by atoms with Crippen LogP contribution < -0.4 is 4.74 Å². The third kappa shape index (κ3) is 2.61. The maximum atomic E-state index is 13.6. The molecule has 0 saturated carbocycles. The van der Waals surface area contributed by atoms with E-state index in [-0.39, 0.29) is 18.2 Å². The van der Waals surface area contributed by atoms with Crippen molar-refractivity contribution in [3.63, 3.8) is 0 Å². The smallest absolute Gasteiger partial charge is 0.253 e. The standard InChI is InChI=1S/C12H13FN2O2/c1-3-10-14-15-11(17-10)7-16-9-6-4-5-8(2)12(9)13/h4-6H,3,7H2,1-2H3. The van der Waals surface area contributed by atoms with Gasteiger partial charge < -0.3 is 9.15 Å². The fraction of sp³-hybridized carbons (Fsp3) is 0.333. The van der Waals surface area contributed by atoms with Gasteiger partial charge in [0.05, 0.1) is 0 Å². The van der Waals surface area contributed by atoms with Crippen LogP contribution in [0.3, 0.4) is 0 Å². The van der Waals surface area contributed by atoms with E-state index in [2.05, 4.69) is 10.2 Å². The Morgan fingerprint density at radius 1 is 1.29 bits per heavy atom. The molecule has 0 fully saturated rings. The molecule has 2 aromatic rings. The molecule has 1 aromatic carbocycles. The van der Waals surface area contributed by atoms with Crippen molar-refractivity contribution in [2.45, 2.75) is 26.9 Å². The quantitative estimate of drug-likeness (QED) is 0.818. The summed E-state index contributed by atoms with van der Waals surface area (Å²) in [5.41, 5.74) is 0.544. The van der Waals surface area contributed by atoms with Gasteiger partial charge >= 0.3 is 0 Å². The highest BCUT2D eigenvalue weighted by Gasteiger charge is 2.09. The summed E-state index contributed by atoms with van der Waals surface area (Å²) in [5, 5.41) is 7.59. The van der Waals surface area contributed by atoms with E-state index in [1.54, 1.807) is 25.1 Å². The van der Waals surface area contributed by atoms with Crippen LogP contribution in [0.5, 0.6) is 5.75 Å². The minimum Gasteiger partial charge on any atom is -0.481 e. The largest absolute Gasteiger partial charge is 0.481 e. The van der Waals surface area contributed by atoms with Crippen molar-refractivity contribution in [2.75, 3.05) is 0 Å². The summed E-state index contributed by atoms with van der Waals surface area (Å²) in [7, 11) is 0. The summed E-state index contributed by atoms with van der Waals surface area (Å²) >= 11 is 0. The zero-order chi connectivity index (χ0) is 12.3. The molecule has 0 spiro atoms. The van der Waals surface area contributed by atoms with Crippen molar-refractivity contribution in [3.05, 3.63) is 41.4 Å². The van der Waals surface area contributed by atoms with Crippen molar-refractivity contribution in [2.24, 2.45) is 0 Å². The van der Waals surface area contributed by atoms with Crippen molar-refractivity contribution < 1.29 is 13.5 Å². The molecular formula is C12H13FN2O2. The third-order valence-corrected chi connectivity index (χ3v) is 2.32. The SMILES string of the molecule is CCc1nnc(COc2cccc(C)c2F)o1. The number of benzene rings is 1. The summed E-state index contributed by atoms with van der Waals surface area (Å²) in [6.45, 7) is 3.68. The topological polar surface area (TPSA) is 48.2 Å². The van der Waals surface area contributed by atoms with E-state index in [0.29, 0.717) is 23.8 Å². The van der Waals surface area contributed by atoms with Gasteiger partial charge in [0.2, 0.25) is 5.89 Å². The maximum absolute atomic E-state index is 13.6. The predicted octanol–water partition coefficient (Wildman–Crippen LogP) is 2.66. The van der Waals surface area contributed by atoms with Gasteiger partial charge in [-0.05, 0) is 18.6 Å². The molecule has 5 heteroatoms. The van der Waals surface area contributed by atoms with Crippen molar-refractivity contribution in [3.8, 4) is 5.75 Å². The lowest BCUT2D eigenvalue weighted by atomic mass is 10.2. The molecule has 0 N–H and O–H groups in total. The molecule has 0 bridgehead atoms. The second-order valence-corrected chi connectivity index (χ2v) is 3.62. The second kappa shape index (κ2) is 4.95. The van der Waals surface area contributed by atoms with Gasteiger partial charge in [-0.3, -0.25) is 0 Å². The Morgan fingerprint density at radius 3 is 2.76 bits per heavy atom.